The summed E-state index contributed by atoms with van der Waals surface area (Å²) in [6, 6.07) is 0. The van der Waals surface area contributed by atoms with Crippen LogP contribution in [0.15, 0.2) is 0 Å². The maximum absolute atomic E-state index is 2.26. The zero-order chi connectivity index (χ0) is 11.7. The molecular formula is C11H27N2S2+. The van der Waals surface area contributed by atoms with Gasteiger partial charge in [0.1, 0.15) is 0 Å². The summed E-state index contributed by atoms with van der Waals surface area (Å²) in [6.45, 7) is 2.47. The van der Waals surface area contributed by atoms with Crippen LogP contribution in [0, 0.1) is 0 Å². The first-order valence-corrected chi connectivity index (χ1v) is 7.83. The summed E-state index contributed by atoms with van der Waals surface area (Å²) in [5.74, 6) is 5.16. The summed E-state index contributed by atoms with van der Waals surface area (Å²) in [4.78, 5) is 2.25. The molecule has 0 rings (SSSR count). The molecule has 0 aliphatic carbocycles. The number of hydrogen-bond donors (Lipinski definition) is 0. The zero-order valence-corrected chi connectivity index (χ0v) is 12.6. The molecule has 0 saturated carbocycles. The molecule has 0 aliphatic heterocycles. The molecule has 0 amide bonds. The number of rotatable bonds is 9. The molecule has 0 aromatic rings. The van der Waals surface area contributed by atoms with Crippen molar-refractivity contribution >= 4 is 23.5 Å². The molecule has 2 nitrogen and oxygen atoms in total. The minimum atomic E-state index is 1.08. The molecule has 0 fully saturated rings. The van der Waals surface area contributed by atoms with Gasteiger partial charge < -0.3 is 9.38 Å². The van der Waals surface area contributed by atoms with Gasteiger partial charge in [0.15, 0.2) is 0 Å². The molecule has 15 heavy (non-hydrogen) atoms. The topological polar surface area (TPSA) is 3.24 Å². The van der Waals surface area contributed by atoms with Gasteiger partial charge in [-0.25, -0.2) is 0 Å². The summed E-state index contributed by atoms with van der Waals surface area (Å²) >= 11 is 4.16. The zero-order valence-electron chi connectivity index (χ0n) is 11.0. The van der Waals surface area contributed by atoms with E-state index < -0.39 is 0 Å². The van der Waals surface area contributed by atoms with Gasteiger partial charge in [-0.15, -0.1) is 0 Å². The van der Waals surface area contributed by atoms with E-state index in [-0.39, 0.29) is 0 Å². The van der Waals surface area contributed by atoms with Crippen LogP contribution in [-0.2, 0) is 0 Å². The number of quaternary nitrogens is 1. The van der Waals surface area contributed by atoms with E-state index in [1.54, 1.807) is 0 Å². The Bertz CT molecular complexity index is 144. The largest absolute Gasteiger partial charge is 0.330 e. The minimum absolute atomic E-state index is 1.08. The second kappa shape index (κ2) is 8.74. The summed E-state index contributed by atoms with van der Waals surface area (Å²) in [5.41, 5.74) is 0. The Morgan fingerprint density at radius 3 is 1.87 bits per heavy atom. The third kappa shape index (κ3) is 14.6. The molecule has 0 saturated heterocycles. The maximum Gasteiger partial charge on any atom is 0.0872 e. The van der Waals surface area contributed by atoms with Crippen LogP contribution in [0.25, 0.3) is 0 Å². The Morgan fingerprint density at radius 2 is 1.40 bits per heavy atom. The fourth-order valence-electron chi connectivity index (χ4n) is 0.908. The van der Waals surface area contributed by atoms with Gasteiger partial charge in [-0.3, -0.25) is 0 Å². The predicted octanol–water partition coefficient (Wildman–Crippen LogP) is 1.72. The van der Waals surface area contributed by atoms with E-state index in [0.717, 1.165) is 4.48 Å². The first-order valence-electron chi connectivity index (χ1n) is 5.52. The Morgan fingerprint density at radius 1 is 0.867 bits per heavy atom. The summed E-state index contributed by atoms with van der Waals surface area (Å²) in [7, 11) is 11.0. The van der Waals surface area contributed by atoms with Crippen LogP contribution in [0.5, 0.6) is 0 Å². The Labute approximate surface area is 104 Å². The van der Waals surface area contributed by atoms with E-state index in [4.69, 9.17) is 0 Å². The van der Waals surface area contributed by atoms with Gasteiger partial charge in [-0.1, -0.05) is 0 Å². The molecular weight excluding hydrogens is 224 g/mol. The molecule has 0 aliphatic rings. The average Bonchev–Trinajstić information content (AvgIpc) is 2.07. The van der Waals surface area contributed by atoms with E-state index in [1.165, 1.54) is 36.1 Å². The van der Waals surface area contributed by atoms with Crippen molar-refractivity contribution in [3.05, 3.63) is 0 Å². The number of hydrogen-bond acceptors (Lipinski definition) is 3. The van der Waals surface area contributed by atoms with Gasteiger partial charge in [0.2, 0.25) is 0 Å². The van der Waals surface area contributed by atoms with Gasteiger partial charge >= 0.3 is 0 Å². The normalized spacial score (nSPS) is 12.4. The molecule has 0 heterocycles. The third-order valence-corrected chi connectivity index (χ3v) is 4.15. The van der Waals surface area contributed by atoms with Crippen LogP contribution < -0.4 is 0 Å². The van der Waals surface area contributed by atoms with Crippen molar-refractivity contribution in [3.63, 3.8) is 0 Å². The predicted molar refractivity (Wildman–Crippen MR) is 76.1 cm³/mol. The molecule has 0 bridgehead atoms. The molecule has 0 aromatic heterocycles. The van der Waals surface area contributed by atoms with Crippen molar-refractivity contribution in [1.82, 2.24) is 4.90 Å². The van der Waals surface area contributed by atoms with Crippen molar-refractivity contribution in [2.45, 2.75) is 0 Å². The maximum atomic E-state index is 2.26. The van der Waals surface area contributed by atoms with E-state index in [0.29, 0.717) is 0 Å². The van der Waals surface area contributed by atoms with Crippen LogP contribution in [0.3, 0.4) is 0 Å². The second-order valence-electron chi connectivity index (χ2n) is 5.04. The fraction of sp³-hybridized carbons (Fsp3) is 1.00. The standard InChI is InChI=1S/C11H27N2S2/c1-12(2)6-8-14-10-11-15-9-7-13(3,4)5/h6-11H2,1-5H3/q+1. The van der Waals surface area contributed by atoms with Crippen LogP contribution in [0.4, 0.5) is 0 Å². The lowest BCUT2D eigenvalue weighted by Crippen LogP contribution is -2.36. The van der Waals surface area contributed by atoms with Gasteiger partial charge in [0, 0.05) is 29.6 Å². The molecule has 92 valence electrons. The quantitative estimate of drug-likeness (QED) is 0.454. The smallest absolute Gasteiger partial charge is 0.0872 e. The van der Waals surface area contributed by atoms with Crippen molar-refractivity contribution in [2.75, 3.05) is 71.3 Å². The van der Waals surface area contributed by atoms with Gasteiger partial charge in [-0.2, -0.15) is 23.5 Å². The SMILES string of the molecule is CN(C)CCSCCSCC[N+](C)(C)C. The van der Waals surface area contributed by atoms with Crippen molar-refractivity contribution in [2.24, 2.45) is 0 Å². The van der Waals surface area contributed by atoms with Gasteiger partial charge in [-0.05, 0) is 14.1 Å². The number of nitrogens with zero attached hydrogens (tertiary/aromatic N) is 2. The first-order chi connectivity index (χ1) is 6.92. The number of thioether (sulfide) groups is 2. The monoisotopic (exact) mass is 251 g/mol. The molecule has 0 aromatic carbocycles. The lowest BCUT2D eigenvalue weighted by Gasteiger charge is -2.23. The van der Waals surface area contributed by atoms with Crippen LogP contribution >= 0.6 is 23.5 Å². The van der Waals surface area contributed by atoms with Crippen molar-refractivity contribution < 1.29 is 4.48 Å². The average molecular weight is 251 g/mol. The molecule has 0 radical (unpaired) electrons. The summed E-state index contributed by atoms with van der Waals surface area (Å²) < 4.78 is 1.08. The molecule has 4 heteroatoms. The Balaban J connectivity index is 3.06. The van der Waals surface area contributed by atoms with Crippen LogP contribution in [-0.4, -0.2) is 80.7 Å². The fourth-order valence-corrected chi connectivity index (χ4v) is 3.43. The van der Waals surface area contributed by atoms with E-state index in [9.17, 15) is 0 Å². The molecule has 0 spiro atoms. The highest BCUT2D eigenvalue weighted by molar-refractivity contribution is 8.02. The third-order valence-electron chi connectivity index (χ3n) is 1.96. The lowest BCUT2D eigenvalue weighted by atomic mass is 10.6. The second-order valence-corrected chi connectivity index (χ2v) is 7.49. The molecule has 0 N–H and O–H groups in total. The Hall–Kier alpha value is 0.620. The summed E-state index contributed by atoms with van der Waals surface area (Å²) in [6.07, 6.45) is 0. The highest BCUT2D eigenvalue weighted by atomic mass is 32.2. The minimum Gasteiger partial charge on any atom is -0.330 e. The molecule has 0 atom stereocenters. The van der Waals surface area contributed by atoms with Gasteiger partial charge in [0.25, 0.3) is 0 Å². The molecule has 0 unspecified atom stereocenters. The van der Waals surface area contributed by atoms with Crippen LogP contribution in [0.1, 0.15) is 0 Å². The highest BCUT2D eigenvalue weighted by Gasteiger charge is 2.05. The van der Waals surface area contributed by atoms with Crippen LogP contribution in [0.2, 0.25) is 0 Å². The van der Waals surface area contributed by atoms with E-state index in [2.05, 4.69) is 63.7 Å². The Kier molecular flexibility index (Phi) is 9.10. The first kappa shape index (κ1) is 15.6. The van der Waals surface area contributed by atoms with Crippen molar-refractivity contribution in [1.29, 1.82) is 0 Å². The highest BCUT2D eigenvalue weighted by Crippen LogP contribution is 2.07. The van der Waals surface area contributed by atoms with Gasteiger partial charge in [0.05, 0.1) is 27.7 Å². The summed E-state index contributed by atoms with van der Waals surface area (Å²) in [5, 5.41) is 0. The van der Waals surface area contributed by atoms with E-state index in [1.807, 2.05) is 0 Å². The van der Waals surface area contributed by atoms with E-state index >= 15 is 0 Å². The lowest BCUT2D eigenvalue weighted by molar-refractivity contribution is -0.867. The van der Waals surface area contributed by atoms with Crippen molar-refractivity contribution in [3.8, 4) is 0 Å².